The zero-order chi connectivity index (χ0) is 46.8. The van der Waals surface area contributed by atoms with Crippen LogP contribution in [-0.2, 0) is 5.54 Å². The molecule has 8 aromatic rings. The number of aromatic amines is 2. The van der Waals surface area contributed by atoms with Gasteiger partial charge in [0.15, 0.2) is 0 Å². The van der Waals surface area contributed by atoms with E-state index in [9.17, 15) is 19.2 Å². The summed E-state index contributed by atoms with van der Waals surface area (Å²) in [5.41, 5.74) is 5.18. The number of amides is 2. The number of nitrogens with zero attached hydrogens (tertiary/aromatic N) is 6. The Balaban J connectivity index is 0.000000164. The highest BCUT2D eigenvalue weighted by Crippen LogP contribution is 2.51. The van der Waals surface area contributed by atoms with Crippen LogP contribution in [0.15, 0.2) is 131 Å². The first-order valence-electron chi connectivity index (χ1n) is 22.1. The smallest absolute Gasteiger partial charge is 0.274 e. The highest BCUT2D eigenvalue weighted by atomic mass is 79.9. The lowest BCUT2D eigenvalue weighted by Crippen LogP contribution is -2.30. The molecule has 0 spiro atoms. The van der Waals surface area contributed by atoms with Gasteiger partial charge in [0.05, 0.1) is 57.3 Å². The molecule has 0 bridgehead atoms. The van der Waals surface area contributed by atoms with Crippen LogP contribution in [0.25, 0.3) is 44.1 Å². The molecular formula is C51H53BrN10O4. The van der Waals surface area contributed by atoms with Crippen LogP contribution in [0.2, 0.25) is 0 Å². The SMILES string of the molecule is CC(C)(C)Br.CC(C)(C)n1cc(C(=O)Nc2ccc(-c3n[nH]c(=O)c4ccccc34)cc2)cn1.O=C(Nc1ccc(-c2nn(C(C3CC3)C3CC3)c(=O)c3ccccc23)cc1)c1cn[nH]c1. The van der Waals surface area contributed by atoms with E-state index < -0.39 is 0 Å². The van der Waals surface area contributed by atoms with E-state index in [1.54, 1.807) is 34.0 Å². The molecule has 2 amide bonds. The van der Waals surface area contributed by atoms with Gasteiger partial charge < -0.3 is 10.6 Å². The molecule has 14 nitrogen and oxygen atoms in total. The quantitative estimate of drug-likeness (QED) is 0.103. The normalized spacial score (nSPS) is 13.7. The molecule has 0 aliphatic heterocycles. The number of hydrogen-bond acceptors (Lipinski definition) is 8. The Morgan fingerprint density at radius 1 is 0.682 bits per heavy atom. The third-order valence-electron chi connectivity index (χ3n) is 11.1. The Bertz CT molecular complexity index is 3100. The summed E-state index contributed by atoms with van der Waals surface area (Å²) < 4.78 is 3.85. The number of aromatic nitrogens is 8. The van der Waals surface area contributed by atoms with Crippen molar-refractivity contribution in [1.29, 1.82) is 0 Å². The Morgan fingerprint density at radius 2 is 1.18 bits per heavy atom. The molecule has 15 heteroatoms. The van der Waals surface area contributed by atoms with Gasteiger partial charge in [0, 0.05) is 50.0 Å². The van der Waals surface area contributed by atoms with E-state index in [2.05, 4.69) is 72.8 Å². The summed E-state index contributed by atoms with van der Waals surface area (Å²) in [6, 6.07) is 30.2. The maximum atomic E-state index is 13.4. The molecule has 0 atom stereocenters. The molecule has 338 valence electrons. The number of alkyl halides is 1. The van der Waals surface area contributed by atoms with Gasteiger partial charge in [0.25, 0.3) is 22.9 Å². The minimum atomic E-state index is -0.222. The molecule has 2 aliphatic rings. The van der Waals surface area contributed by atoms with E-state index in [0.717, 1.165) is 27.6 Å². The number of carbonyl (C=O) groups excluding carboxylic acids is 2. The molecule has 4 heterocycles. The number of benzene rings is 4. The van der Waals surface area contributed by atoms with Crippen molar-refractivity contribution in [3.63, 3.8) is 0 Å². The van der Waals surface area contributed by atoms with Gasteiger partial charge in [-0.1, -0.05) is 97.4 Å². The van der Waals surface area contributed by atoms with Crippen LogP contribution < -0.4 is 21.8 Å². The molecular weight excluding hydrogens is 897 g/mol. The molecule has 4 N–H and O–H groups in total. The molecule has 2 fully saturated rings. The number of anilines is 2. The van der Waals surface area contributed by atoms with Crippen LogP contribution in [0, 0.1) is 11.8 Å². The fourth-order valence-corrected chi connectivity index (χ4v) is 7.63. The van der Waals surface area contributed by atoms with E-state index in [0.29, 0.717) is 55.1 Å². The summed E-state index contributed by atoms with van der Waals surface area (Å²) in [4.78, 5) is 50.1. The van der Waals surface area contributed by atoms with Crippen LogP contribution in [-0.4, -0.2) is 56.1 Å². The number of rotatable bonds is 9. The van der Waals surface area contributed by atoms with E-state index in [1.807, 2.05) is 112 Å². The molecule has 0 radical (unpaired) electrons. The summed E-state index contributed by atoms with van der Waals surface area (Å²) in [5, 5.41) is 31.1. The van der Waals surface area contributed by atoms with Crippen LogP contribution in [0.5, 0.6) is 0 Å². The third-order valence-corrected chi connectivity index (χ3v) is 11.1. The van der Waals surface area contributed by atoms with E-state index in [-0.39, 0.29) is 34.5 Å². The molecule has 0 saturated heterocycles. The Labute approximate surface area is 390 Å². The van der Waals surface area contributed by atoms with Gasteiger partial charge in [-0.05, 0) is 94.7 Å². The molecule has 2 aliphatic carbocycles. The van der Waals surface area contributed by atoms with Crippen LogP contribution >= 0.6 is 15.9 Å². The number of hydrogen-bond donors (Lipinski definition) is 4. The second-order valence-corrected chi connectivity index (χ2v) is 21.1. The lowest BCUT2D eigenvalue weighted by Gasteiger charge is -2.20. The molecule has 66 heavy (non-hydrogen) atoms. The van der Waals surface area contributed by atoms with Gasteiger partial charge in [-0.2, -0.15) is 20.4 Å². The second-order valence-electron chi connectivity index (χ2n) is 18.7. The first-order chi connectivity index (χ1) is 31.5. The minimum absolute atomic E-state index is 0.0112. The maximum absolute atomic E-state index is 13.4. The standard InChI is InChI=1S/C25H23N5O2.C22H21N5O2.C4H9Br/c31-24(18-13-26-27-14-18)28-19-11-9-15(10-12-19)22-20-3-1-2-4-21(20)25(32)30(29-22)23(16-5-6-16)17-7-8-17;1-22(2,3)27-13-15(12-23-27)20(28)24-16-10-8-14(9-11-16)19-17-6-4-5-7-18(17)21(29)26-25-19;1-4(2,3)5/h1-4,9-14,16-17,23H,5-8H2,(H,26,27)(H,28,31);4-13H,1-3H3,(H,24,28)(H,26,29);1-3H3. The third kappa shape index (κ3) is 10.9. The zero-order valence-electron chi connectivity index (χ0n) is 37.8. The summed E-state index contributed by atoms with van der Waals surface area (Å²) in [6.45, 7) is 12.4. The zero-order valence-corrected chi connectivity index (χ0v) is 39.4. The minimum Gasteiger partial charge on any atom is -0.322 e. The lowest BCUT2D eigenvalue weighted by molar-refractivity contribution is 0.101. The topological polar surface area (TPSA) is 185 Å². The van der Waals surface area contributed by atoms with Crippen LogP contribution in [0.4, 0.5) is 11.4 Å². The predicted molar refractivity (Wildman–Crippen MR) is 264 cm³/mol. The number of halogens is 1. The number of H-pyrrole nitrogens is 2. The Hall–Kier alpha value is -7.00. The van der Waals surface area contributed by atoms with Crippen molar-refractivity contribution in [2.45, 2.75) is 83.1 Å². The van der Waals surface area contributed by atoms with Gasteiger partial charge in [-0.25, -0.2) is 9.78 Å². The average molecular weight is 950 g/mol. The van der Waals surface area contributed by atoms with Crippen molar-refractivity contribution in [2.24, 2.45) is 11.8 Å². The van der Waals surface area contributed by atoms with Crippen molar-refractivity contribution < 1.29 is 9.59 Å². The average Bonchev–Trinajstić information content (AvgIpc) is 4.19. The Morgan fingerprint density at radius 3 is 1.68 bits per heavy atom. The lowest BCUT2D eigenvalue weighted by atomic mass is 10.0. The van der Waals surface area contributed by atoms with Gasteiger partial charge in [-0.3, -0.25) is 29.0 Å². The largest absolute Gasteiger partial charge is 0.322 e. The first-order valence-corrected chi connectivity index (χ1v) is 22.9. The fraction of sp³-hybridized carbons (Fsp3) is 0.294. The summed E-state index contributed by atoms with van der Waals surface area (Å²) in [7, 11) is 0. The van der Waals surface area contributed by atoms with Gasteiger partial charge in [0.2, 0.25) is 0 Å². The highest BCUT2D eigenvalue weighted by Gasteiger charge is 2.44. The molecule has 0 unspecified atom stereocenters. The van der Waals surface area contributed by atoms with Crippen molar-refractivity contribution in [1.82, 2.24) is 40.0 Å². The van der Waals surface area contributed by atoms with Crippen molar-refractivity contribution in [3.05, 3.63) is 154 Å². The highest BCUT2D eigenvalue weighted by molar-refractivity contribution is 9.10. The first kappa shape index (κ1) is 45.6. The molecule has 2 saturated carbocycles. The summed E-state index contributed by atoms with van der Waals surface area (Å²) >= 11 is 3.38. The van der Waals surface area contributed by atoms with Crippen molar-refractivity contribution in [3.8, 4) is 22.5 Å². The van der Waals surface area contributed by atoms with E-state index in [1.165, 1.54) is 31.9 Å². The van der Waals surface area contributed by atoms with E-state index in [4.69, 9.17) is 5.10 Å². The number of carbonyl (C=O) groups is 2. The van der Waals surface area contributed by atoms with Crippen LogP contribution in [0.3, 0.4) is 0 Å². The number of nitrogens with one attached hydrogen (secondary N) is 4. The second kappa shape index (κ2) is 18.8. The molecule has 4 aromatic carbocycles. The Kier molecular flexibility index (Phi) is 13.0. The summed E-state index contributed by atoms with van der Waals surface area (Å²) in [5.74, 6) is 0.700. The van der Waals surface area contributed by atoms with E-state index >= 15 is 0 Å². The predicted octanol–water partition coefficient (Wildman–Crippen LogP) is 10.4. The van der Waals surface area contributed by atoms with Gasteiger partial charge in [0.1, 0.15) is 0 Å². The number of fused-ring (bicyclic) bond motifs is 2. The van der Waals surface area contributed by atoms with Gasteiger partial charge >= 0.3 is 0 Å². The fourth-order valence-electron chi connectivity index (χ4n) is 7.63. The van der Waals surface area contributed by atoms with Crippen molar-refractivity contribution >= 4 is 60.7 Å². The maximum Gasteiger partial charge on any atom is 0.274 e. The van der Waals surface area contributed by atoms with Gasteiger partial charge in [-0.15, -0.1) is 0 Å². The monoisotopic (exact) mass is 948 g/mol. The summed E-state index contributed by atoms with van der Waals surface area (Å²) in [6.07, 6.45) is 11.1. The molecule has 10 rings (SSSR count). The molecule has 4 aromatic heterocycles. The van der Waals surface area contributed by atoms with Crippen LogP contribution in [0.1, 0.15) is 94.0 Å². The van der Waals surface area contributed by atoms with Crippen molar-refractivity contribution in [2.75, 3.05) is 10.6 Å².